The van der Waals surface area contributed by atoms with Crippen LogP contribution in [0.2, 0.25) is 5.02 Å². The van der Waals surface area contributed by atoms with Gasteiger partial charge in [0.25, 0.3) is 5.91 Å². The van der Waals surface area contributed by atoms with Crippen molar-refractivity contribution in [1.82, 2.24) is 24.7 Å². The first kappa shape index (κ1) is 33.9. The van der Waals surface area contributed by atoms with E-state index in [-0.39, 0.29) is 35.5 Å². The molecular weight excluding hydrogens is 648 g/mol. The van der Waals surface area contributed by atoms with Crippen molar-refractivity contribution in [2.45, 2.75) is 38.1 Å². The number of anilines is 1. The first-order valence-electron chi connectivity index (χ1n) is 17.5. The van der Waals surface area contributed by atoms with Crippen LogP contribution < -0.4 is 10.2 Å². The monoisotopic (exact) mass is 692 g/mol. The predicted octanol–water partition coefficient (Wildman–Crippen LogP) is 6.22. The first-order chi connectivity index (χ1) is 24.1. The summed E-state index contributed by atoms with van der Waals surface area (Å²) in [5.74, 6) is -0.730. The van der Waals surface area contributed by atoms with E-state index in [0.29, 0.717) is 43.2 Å². The minimum absolute atomic E-state index is 0.0280. The quantitative estimate of drug-likeness (QED) is 0.202. The smallest absolute Gasteiger partial charge is 0.270 e. The Bertz CT molecular complexity index is 2060. The van der Waals surface area contributed by atoms with E-state index < -0.39 is 6.04 Å². The highest BCUT2D eigenvalue weighted by Crippen LogP contribution is 2.35. The normalized spacial score (nSPS) is 18.0. The second kappa shape index (κ2) is 14.0. The molecule has 9 nitrogen and oxygen atoms in total. The molecule has 3 aromatic carbocycles. The molecular formula is C40H45ClN6O3. The van der Waals surface area contributed by atoms with E-state index in [1.165, 1.54) is 0 Å². The standard InChI is InChI=1S/C40H45ClN6O3/c1-25(32-22-42-33-11-7-6-10-31(32)33)37(40(50)47-24-26(23-44(2)3)19-29-20-30(41)13-14-35(29)47)43-38(48)27-15-17-46(18-16-27)39(49)36-21-28-9-5-8-12-34(28)45(36)4/h5-14,20-22,25-27,37,42H,15-19,23-24H2,1-4H3,(H,43,48)/t25-,26+,37+/m0/s1. The second-order valence-corrected chi connectivity index (χ2v) is 14.8. The number of nitrogens with one attached hydrogen (secondary N) is 2. The van der Waals surface area contributed by atoms with Gasteiger partial charge < -0.3 is 29.6 Å². The van der Waals surface area contributed by atoms with Gasteiger partial charge in [-0.3, -0.25) is 14.4 Å². The molecule has 0 radical (unpaired) electrons. The van der Waals surface area contributed by atoms with Gasteiger partial charge in [-0.1, -0.05) is 54.9 Å². The average Bonchev–Trinajstić information content (AvgIpc) is 3.70. The van der Waals surface area contributed by atoms with E-state index in [2.05, 4.69) is 21.3 Å². The van der Waals surface area contributed by atoms with Crippen LogP contribution in [0.5, 0.6) is 0 Å². The molecule has 0 spiro atoms. The number of amides is 3. The molecule has 2 aliphatic heterocycles. The number of rotatable bonds is 8. The van der Waals surface area contributed by atoms with Gasteiger partial charge in [0.1, 0.15) is 11.7 Å². The van der Waals surface area contributed by atoms with Crippen LogP contribution in [0.25, 0.3) is 21.8 Å². The average molecular weight is 693 g/mol. The lowest BCUT2D eigenvalue weighted by atomic mass is 9.87. The van der Waals surface area contributed by atoms with Gasteiger partial charge in [-0.25, -0.2) is 0 Å². The largest absolute Gasteiger partial charge is 0.361 e. The van der Waals surface area contributed by atoms with Crippen LogP contribution in [0.1, 0.15) is 47.3 Å². The molecule has 1 saturated heterocycles. The fourth-order valence-corrected chi connectivity index (χ4v) is 8.25. The lowest BCUT2D eigenvalue weighted by Gasteiger charge is -2.39. The molecule has 0 saturated carbocycles. The lowest BCUT2D eigenvalue weighted by Crippen LogP contribution is -2.55. The van der Waals surface area contributed by atoms with E-state index in [9.17, 15) is 14.4 Å². The number of aromatic amines is 1. The van der Waals surface area contributed by atoms with E-state index in [1.807, 2.05) is 115 Å². The Labute approximate surface area is 298 Å². The summed E-state index contributed by atoms with van der Waals surface area (Å²) in [6.07, 6.45) is 3.83. The Morgan fingerprint density at radius 1 is 1.00 bits per heavy atom. The summed E-state index contributed by atoms with van der Waals surface area (Å²) in [5, 5.41) is 5.95. The SMILES string of the molecule is C[C@@H](c1c[nH]c2ccccc12)[C@@H](NC(=O)C1CCN(C(=O)c2cc3ccccc3n2C)CC1)C(=O)N1C[C@@H](CN(C)C)Cc2cc(Cl)ccc21. The fourth-order valence-electron chi connectivity index (χ4n) is 8.05. The summed E-state index contributed by atoms with van der Waals surface area (Å²) in [6.45, 7) is 4.34. The number of carbonyl (C=O) groups is 3. The zero-order chi connectivity index (χ0) is 35.1. The highest BCUT2D eigenvalue weighted by Gasteiger charge is 2.39. The van der Waals surface area contributed by atoms with Crippen molar-refractivity contribution in [2.24, 2.45) is 18.9 Å². The van der Waals surface area contributed by atoms with Gasteiger partial charge in [-0.05, 0) is 86.8 Å². The molecule has 4 heterocycles. The minimum atomic E-state index is -0.807. The highest BCUT2D eigenvalue weighted by atomic mass is 35.5. The second-order valence-electron chi connectivity index (χ2n) is 14.3. The Hall–Kier alpha value is -4.60. The third kappa shape index (κ3) is 6.52. The van der Waals surface area contributed by atoms with Gasteiger partial charge in [0.05, 0.1) is 0 Å². The molecule has 3 atom stereocenters. The van der Waals surface area contributed by atoms with Crippen LogP contribution >= 0.6 is 11.6 Å². The third-order valence-electron chi connectivity index (χ3n) is 10.7. The summed E-state index contributed by atoms with van der Waals surface area (Å²) < 4.78 is 1.94. The molecule has 2 aliphatic rings. The van der Waals surface area contributed by atoms with Gasteiger partial charge in [0.2, 0.25) is 11.8 Å². The topological polar surface area (TPSA) is 93.7 Å². The summed E-state index contributed by atoms with van der Waals surface area (Å²) in [6, 6.07) is 22.9. The number of benzene rings is 3. The number of hydrogen-bond acceptors (Lipinski definition) is 4. The Balaban J connectivity index is 1.13. The Morgan fingerprint density at radius 3 is 2.50 bits per heavy atom. The number of piperidine rings is 1. The van der Waals surface area contributed by atoms with E-state index in [4.69, 9.17) is 11.6 Å². The first-order valence-corrected chi connectivity index (χ1v) is 17.9. The maximum atomic E-state index is 14.9. The van der Waals surface area contributed by atoms with E-state index >= 15 is 0 Å². The number of aryl methyl sites for hydroxylation is 1. The number of fused-ring (bicyclic) bond motifs is 3. The highest BCUT2D eigenvalue weighted by molar-refractivity contribution is 6.30. The molecule has 50 heavy (non-hydrogen) atoms. The number of nitrogens with zero attached hydrogens (tertiary/aromatic N) is 4. The summed E-state index contributed by atoms with van der Waals surface area (Å²) in [4.78, 5) is 51.8. The number of para-hydroxylation sites is 2. The van der Waals surface area contributed by atoms with Crippen molar-refractivity contribution >= 4 is 56.8 Å². The molecule has 0 bridgehead atoms. The maximum absolute atomic E-state index is 14.9. The van der Waals surface area contributed by atoms with Crippen molar-refractivity contribution in [3.63, 3.8) is 0 Å². The fraction of sp³-hybridized carbons (Fsp3) is 0.375. The molecule has 10 heteroatoms. The van der Waals surface area contributed by atoms with E-state index in [0.717, 1.165) is 51.6 Å². The zero-order valence-electron chi connectivity index (χ0n) is 29.2. The third-order valence-corrected chi connectivity index (χ3v) is 10.9. The Morgan fingerprint density at radius 2 is 1.74 bits per heavy atom. The molecule has 3 amide bonds. The van der Waals surface area contributed by atoms with Gasteiger partial charge in [-0.15, -0.1) is 0 Å². The van der Waals surface area contributed by atoms with Crippen molar-refractivity contribution in [2.75, 3.05) is 45.2 Å². The molecule has 0 aliphatic carbocycles. The molecule has 260 valence electrons. The van der Waals surface area contributed by atoms with Crippen LogP contribution in [-0.4, -0.2) is 83.4 Å². The van der Waals surface area contributed by atoms with Crippen LogP contribution in [0.15, 0.2) is 79.0 Å². The number of hydrogen-bond donors (Lipinski definition) is 2. The molecule has 7 rings (SSSR count). The molecule has 2 N–H and O–H groups in total. The summed E-state index contributed by atoms with van der Waals surface area (Å²) in [5.41, 5.74) is 5.50. The number of H-pyrrole nitrogens is 1. The zero-order valence-corrected chi connectivity index (χ0v) is 29.9. The number of likely N-dealkylation sites (tertiary alicyclic amines) is 1. The number of halogens is 1. The van der Waals surface area contributed by atoms with Crippen molar-refractivity contribution < 1.29 is 14.4 Å². The summed E-state index contributed by atoms with van der Waals surface area (Å²) >= 11 is 6.44. The molecule has 5 aromatic rings. The predicted molar refractivity (Wildman–Crippen MR) is 200 cm³/mol. The van der Waals surface area contributed by atoms with E-state index in [1.54, 1.807) is 0 Å². The number of carbonyl (C=O) groups excluding carboxylic acids is 3. The van der Waals surface area contributed by atoms with Gasteiger partial charge >= 0.3 is 0 Å². The van der Waals surface area contributed by atoms with Gasteiger partial charge in [-0.2, -0.15) is 0 Å². The van der Waals surface area contributed by atoms with Crippen LogP contribution in [0, 0.1) is 11.8 Å². The van der Waals surface area contributed by atoms with Crippen molar-refractivity contribution in [3.05, 3.63) is 101 Å². The van der Waals surface area contributed by atoms with Crippen LogP contribution in [-0.2, 0) is 23.1 Å². The minimum Gasteiger partial charge on any atom is -0.361 e. The van der Waals surface area contributed by atoms with Crippen LogP contribution in [0.3, 0.4) is 0 Å². The maximum Gasteiger partial charge on any atom is 0.270 e. The van der Waals surface area contributed by atoms with Crippen molar-refractivity contribution in [1.29, 1.82) is 0 Å². The summed E-state index contributed by atoms with van der Waals surface area (Å²) in [7, 11) is 6.00. The molecule has 1 fully saturated rings. The van der Waals surface area contributed by atoms with Crippen molar-refractivity contribution in [3.8, 4) is 0 Å². The molecule has 0 unspecified atom stereocenters. The Kier molecular flexibility index (Phi) is 9.46. The lowest BCUT2D eigenvalue weighted by molar-refractivity contribution is -0.131. The van der Waals surface area contributed by atoms with Gasteiger partial charge in [0, 0.05) is 83.8 Å². The van der Waals surface area contributed by atoms with Crippen LogP contribution in [0.4, 0.5) is 5.69 Å². The molecule has 2 aromatic heterocycles. The number of aromatic nitrogens is 2. The van der Waals surface area contributed by atoms with Gasteiger partial charge in [0.15, 0.2) is 0 Å².